The molecule has 1 N–H and O–H groups in total. The molecule has 1 atom stereocenters. The third-order valence-corrected chi connectivity index (χ3v) is 3.01. The van der Waals surface area contributed by atoms with Gasteiger partial charge in [-0.1, -0.05) is 12.1 Å². The molecule has 1 aliphatic rings. The number of piperazine rings is 1. The molecule has 0 aromatic heterocycles. The predicted molar refractivity (Wildman–Crippen MR) is 61.2 cm³/mol. The maximum Gasteiger partial charge on any atom is 0.118 e. The van der Waals surface area contributed by atoms with Gasteiger partial charge in [0.15, 0.2) is 0 Å². The van der Waals surface area contributed by atoms with Crippen LogP contribution in [-0.4, -0.2) is 38.7 Å². The Morgan fingerprint density at radius 1 is 1.33 bits per heavy atom. The van der Waals surface area contributed by atoms with Crippen LogP contribution in [0.15, 0.2) is 24.3 Å². The van der Waals surface area contributed by atoms with Crippen molar-refractivity contribution in [2.45, 2.75) is 6.04 Å². The number of benzene rings is 1. The standard InChI is InChI=1S/C12H18N2O/c1-14-8-7-13-9-12(14)10-3-5-11(15-2)6-4-10/h3-6,12-13H,7-9H2,1-2H3/t12-/m1/s1. The number of likely N-dealkylation sites (N-methyl/N-ethyl adjacent to an activating group) is 1. The second-order valence-corrected chi connectivity index (χ2v) is 3.97. The Morgan fingerprint density at radius 2 is 2.07 bits per heavy atom. The molecular weight excluding hydrogens is 188 g/mol. The summed E-state index contributed by atoms with van der Waals surface area (Å²) in [5, 5.41) is 3.42. The fourth-order valence-corrected chi connectivity index (χ4v) is 2.00. The van der Waals surface area contributed by atoms with Crippen LogP contribution in [0.25, 0.3) is 0 Å². The smallest absolute Gasteiger partial charge is 0.118 e. The average molecular weight is 206 g/mol. The van der Waals surface area contributed by atoms with Gasteiger partial charge in [0, 0.05) is 25.7 Å². The van der Waals surface area contributed by atoms with E-state index in [9.17, 15) is 0 Å². The molecule has 1 fully saturated rings. The molecule has 0 aliphatic carbocycles. The Morgan fingerprint density at radius 3 is 2.67 bits per heavy atom. The van der Waals surface area contributed by atoms with Gasteiger partial charge in [-0.2, -0.15) is 0 Å². The van der Waals surface area contributed by atoms with Crippen molar-refractivity contribution in [3.05, 3.63) is 29.8 Å². The van der Waals surface area contributed by atoms with Gasteiger partial charge in [0.2, 0.25) is 0 Å². The van der Waals surface area contributed by atoms with Crippen LogP contribution in [0.4, 0.5) is 0 Å². The Kier molecular flexibility index (Phi) is 3.23. The average Bonchev–Trinajstić information content (AvgIpc) is 2.30. The summed E-state index contributed by atoms with van der Waals surface area (Å²) in [5.74, 6) is 0.921. The number of rotatable bonds is 2. The van der Waals surface area contributed by atoms with E-state index >= 15 is 0 Å². The molecule has 0 spiro atoms. The highest BCUT2D eigenvalue weighted by Crippen LogP contribution is 2.22. The first kappa shape index (κ1) is 10.5. The molecule has 0 bridgehead atoms. The van der Waals surface area contributed by atoms with Gasteiger partial charge in [0.1, 0.15) is 5.75 Å². The zero-order chi connectivity index (χ0) is 10.7. The third kappa shape index (κ3) is 2.30. The quantitative estimate of drug-likeness (QED) is 0.788. The molecule has 0 saturated carbocycles. The van der Waals surface area contributed by atoms with Gasteiger partial charge in [-0.3, -0.25) is 4.90 Å². The molecule has 0 radical (unpaired) electrons. The van der Waals surface area contributed by atoms with Gasteiger partial charge in [-0.05, 0) is 24.7 Å². The summed E-state index contributed by atoms with van der Waals surface area (Å²) in [7, 11) is 3.87. The summed E-state index contributed by atoms with van der Waals surface area (Å²) in [5.41, 5.74) is 1.35. The van der Waals surface area contributed by atoms with E-state index in [0.717, 1.165) is 25.4 Å². The third-order valence-electron chi connectivity index (χ3n) is 3.01. The number of ether oxygens (including phenoxy) is 1. The zero-order valence-corrected chi connectivity index (χ0v) is 9.36. The zero-order valence-electron chi connectivity index (χ0n) is 9.36. The highest BCUT2D eigenvalue weighted by molar-refractivity contribution is 5.29. The Labute approximate surface area is 91.0 Å². The first-order chi connectivity index (χ1) is 7.31. The van der Waals surface area contributed by atoms with Gasteiger partial charge in [0.25, 0.3) is 0 Å². The van der Waals surface area contributed by atoms with Crippen molar-refractivity contribution in [1.29, 1.82) is 0 Å². The topological polar surface area (TPSA) is 24.5 Å². The fraction of sp³-hybridized carbons (Fsp3) is 0.500. The largest absolute Gasteiger partial charge is 0.497 e. The van der Waals surface area contributed by atoms with Crippen LogP contribution in [0.2, 0.25) is 0 Å². The van der Waals surface area contributed by atoms with Crippen molar-refractivity contribution in [3.8, 4) is 5.75 Å². The molecule has 0 amide bonds. The van der Waals surface area contributed by atoms with E-state index in [-0.39, 0.29) is 0 Å². The molecule has 1 heterocycles. The van der Waals surface area contributed by atoms with Gasteiger partial charge in [-0.15, -0.1) is 0 Å². The summed E-state index contributed by atoms with van der Waals surface area (Å²) in [6.45, 7) is 3.22. The minimum Gasteiger partial charge on any atom is -0.497 e. The molecule has 1 aromatic carbocycles. The molecule has 1 aliphatic heterocycles. The van der Waals surface area contributed by atoms with Crippen molar-refractivity contribution in [2.75, 3.05) is 33.8 Å². The van der Waals surface area contributed by atoms with Gasteiger partial charge >= 0.3 is 0 Å². The van der Waals surface area contributed by atoms with Crippen LogP contribution in [0.1, 0.15) is 11.6 Å². The van der Waals surface area contributed by atoms with Crippen LogP contribution in [-0.2, 0) is 0 Å². The number of hydrogen-bond donors (Lipinski definition) is 1. The SMILES string of the molecule is COc1ccc([C@H]2CNCCN2C)cc1. The van der Waals surface area contributed by atoms with E-state index < -0.39 is 0 Å². The molecular formula is C12H18N2O. The minimum absolute atomic E-state index is 0.490. The van der Waals surface area contributed by atoms with Crippen LogP contribution < -0.4 is 10.1 Å². The summed E-state index contributed by atoms with van der Waals surface area (Å²) in [6, 6.07) is 8.83. The number of methoxy groups -OCH3 is 1. The number of hydrogen-bond acceptors (Lipinski definition) is 3. The van der Waals surface area contributed by atoms with E-state index in [1.165, 1.54) is 5.56 Å². The van der Waals surface area contributed by atoms with Crippen LogP contribution in [0, 0.1) is 0 Å². The maximum absolute atomic E-state index is 5.15. The summed E-state index contributed by atoms with van der Waals surface area (Å²) >= 11 is 0. The van der Waals surface area contributed by atoms with E-state index in [4.69, 9.17) is 4.74 Å². The van der Waals surface area contributed by atoms with Gasteiger partial charge < -0.3 is 10.1 Å². The van der Waals surface area contributed by atoms with Crippen LogP contribution >= 0.6 is 0 Å². The highest BCUT2D eigenvalue weighted by Gasteiger charge is 2.19. The number of nitrogens with zero attached hydrogens (tertiary/aromatic N) is 1. The first-order valence-corrected chi connectivity index (χ1v) is 5.36. The summed E-state index contributed by atoms with van der Waals surface area (Å²) in [4.78, 5) is 2.39. The van der Waals surface area contributed by atoms with Gasteiger partial charge in [-0.25, -0.2) is 0 Å². The number of nitrogens with one attached hydrogen (secondary N) is 1. The van der Waals surface area contributed by atoms with E-state index in [2.05, 4.69) is 29.4 Å². The molecule has 0 unspecified atom stereocenters. The second kappa shape index (κ2) is 4.64. The fourth-order valence-electron chi connectivity index (χ4n) is 2.00. The Hall–Kier alpha value is -1.06. The lowest BCUT2D eigenvalue weighted by molar-refractivity contribution is 0.202. The summed E-state index contributed by atoms with van der Waals surface area (Å²) in [6.07, 6.45) is 0. The van der Waals surface area contributed by atoms with Crippen molar-refractivity contribution in [1.82, 2.24) is 10.2 Å². The maximum atomic E-state index is 5.15. The Balaban J connectivity index is 2.13. The second-order valence-electron chi connectivity index (χ2n) is 3.97. The van der Waals surface area contributed by atoms with Crippen molar-refractivity contribution >= 4 is 0 Å². The predicted octanol–water partition coefficient (Wildman–Crippen LogP) is 1.27. The van der Waals surface area contributed by atoms with Crippen molar-refractivity contribution in [2.24, 2.45) is 0 Å². The minimum atomic E-state index is 0.490. The first-order valence-electron chi connectivity index (χ1n) is 5.36. The molecule has 2 rings (SSSR count). The van der Waals surface area contributed by atoms with E-state index in [1.54, 1.807) is 7.11 Å². The lowest BCUT2D eigenvalue weighted by Gasteiger charge is -2.33. The normalized spacial score (nSPS) is 22.7. The lowest BCUT2D eigenvalue weighted by atomic mass is 10.0. The van der Waals surface area contributed by atoms with Crippen LogP contribution in [0.3, 0.4) is 0 Å². The van der Waals surface area contributed by atoms with Crippen molar-refractivity contribution in [3.63, 3.8) is 0 Å². The van der Waals surface area contributed by atoms with E-state index in [0.29, 0.717) is 6.04 Å². The van der Waals surface area contributed by atoms with Crippen molar-refractivity contribution < 1.29 is 4.74 Å². The molecule has 3 heteroatoms. The molecule has 15 heavy (non-hydrogen) atoms. The van der Waals surface area contributed by atoms with E-state index in [1.807, 2.05) is 12.1 Å². The van der Waals surface area contributed by atoms with Crippen LogP contribution in [0.5, 0.6) is 5.75 Å². The molecule has 1 aromatic rings. The summed E-state index contributed by atoms with van der Waals surface area (Å²) < 4.78 is 5.15. The Bertz CT molecular complexity index is 310. The van der Waals surface area contributed by atoms with Gasteiger partial charge in [0.05, 0.1) is 7.11 Å². The monoisotopic (exact) mass is 206 g/mol. The lowest BCUT2D eigenvalue weighted by Crippen LogP contribution is -2.43. The molecule has 1 saturated heterocycles. The highest BCUT2D eigenvalue weighted by atomic mass is 16.5. The molecule has 3 nitrogen and oxygen atoms in total. The molecule has 82 valence electrons.